The highest BCUT2D eigenvalue weighted by molar-refractivity contribution is 6.05. The summed E-state index contributed by atoms with van der Waals surface area (Å²) in [5.41, 5.74) is 9.07. The highest BCUT2D eigenvalue weighted by Crippen LogP contribution is 2.40. The third-order valence-corrected chi connectivity index (χ3v) is 4.66. The summed E-state index contributed by atoms with van der Waals surface area (Å²) in [6.45, 7) is 5.98. The largest absolute Gasteiger partial charge is 0.399 e. The Kier molecular flexibility index (Phi) is 4.76. The van der Waals surface area contributed by atoms with Crippen LogP contribution < -0.4 is 11.1 Å². The number of anilines is 2. The van der Waals surface area contributed by atoms with Gasteiger partial charge in [-0.05, 0) is 42.7 Å². The Bertz CT molecular complexity index is 897. The number of carbonyl (C=O) groups excluding carboxylic acids is 2. The number of benzene rings is 2. The maximum Gasteiger partial charge on any atom is 0.248 e. The van der Waals surface area contributed by atoms with E-state index >= 15 is 0 Å². The van der Waals surface area contributed by atoms with Crippen molar-refractivity contribution in [2.75, 3.05) is 11.1 Å². The third-order valence-electron chi connectivity index (χ3n) is 4.66. The first-order valence-corrected chi connectivity index (χ1v) is 8.52. The number of allylic oxidation sites excluding steroid dienone is 2. The van der Waals surface area contributed by atoms with Crippen LogP contribution in [0, 0.1) is 5.41 Å². The molecule has 2 aromatic carbocycles. The number of hydrogen-bond donors (Lipinski definition) is 2. The molecule has 1 aliphatic carbocycles. The lowest BCUT2D eigenvalue weighted by Crippen LogP contribution is -2.24. The van der Waals surface area contributed by atoms with Gasteiger partial charge in [-0.2, -0.15) is 0 Å². The lowest BCUT2D eigenvalue weighted by atomic mass is 9.80. The average Bonchev–Trinajstić information content (AvgIpc) is 2.86. The predicted molar refractivity (Wildman–Crippen MR) is 105 cm³/mol. The van der Waals surface area contributed by atoms with Gasteiger partial charge >= 0.3 is 0 Å². The number of Topliss-reactive ketones (excluding diaryl/α,β-unsaturated/α-hetero) is 1. The van der Waals surface area contributed by atoms with Crippen LogP contribution in [0.15, 0.2) is 72.8 Å². The molecular formula is C22H22N2O2. The molecule has 0 saturated carbocycles. The first kappa shape index (κ1) is 17.7. The van der Waals surface area contributed by atoms with Gasteiger partial charge in [-0.15, -0.1) is 0 Å². The van der Waals surface area contributed by atoms with Crippen LogP contribution in [0.5, 0.6) is 0 Å². The minimum absolute atomic E-state index is 0.147. The standard InChI is InChI=1S/C22H22N2O2/c1-15(7-12-20(25)24-18-10-8-17(23)9-11-18)13-22(2)14-16-5-3-4-6-19(16)21(22)26/h3-12H,1,13-14,23H2,2H3,(H,24,25)/b12-7+. The Morgan fingerprint density at radius 2 is 1.88 bits per heavy atom. The van der Waals surface area contributed by atoms with Crippen LogP contribution in [0.1, 0.15) is 29.3 Å². The minimum Gasteiger partial charge on any atom is -0.399 e. The molecular weight excluding hydrogens is 324 g/mol. The van der Waals surface area contributed by atoms with Crippen LogP contribution in [0.2, 0.25) is 0 Å². The van der Waals surface area contributed by atoms with Gasteiger partial charge in [0.15, 0.2) is 5.78 Å². The lowest BCUT2D eigenvalue weighted by Gasteiger charge is -2.22. The average molecular weight is 346 g/mol. The summed E-state index contributed by atoms with van der Waals surface area (Å²) >= 11 is 0. The molecule has 1 unspecified atom stereocenters. The van der Waals surface area contributed by atoms with Crippen molar-refractivity contribution in [3.05, 3.63) is 84.0 Å². The minimum atomic E-state index is -0.501. The zero-order chi connectivity index (χ0) is 18.7. The number of fused-ring (bicyclic) bond motifs is 1. The number of carbonyl (C=O) groups is 2. The molecule has 26 heavy (non-hydrogen) atoms. The first-order valence-electron chi connectivity index (χ1n) is 8.52. The third kappa shape index (κ3) is 3.75. The second kappa shape index (κ2) is 7.00. The predicted octanol–water partition coefficient (Wildman–Crippen LogP) is 4.16. The van der Waals surface area contributed by atoms with Gasteiger partial charge in [0.2, 0.25) is 5.91 Å². The Morgan fingerprint density at radius 3 is 2.58 bits per heavy atom. The number of amides is 1. The Hall–Kier alpha value is -3.14. The van der Waals surface area contributed by atoms with Crippen LogP contribution in [0.3, 0.4) is 0 Å². The molecule has 2 aromatic rings. The maximum atomic E-state index is 12.7. The van der Waals surface area contributed by atoms with Crippen LogP contribution in [0.25, 0.3) is 0 Å². The Balaban J connectivity index is 1.60. The molecule has 0 aliphatic heterocycles. The zero-order valence-electron chi connectivity index (χ0n) is 14.8. The van der Waals surface area contributed by atoms with E-state index in [1.807, 2.05) is 31.2 Å². The number of nitrogen functional groups attached to an aromatic ring is 1. The number of hydrogen-bond acceptors (Lipinski definition) is 3. The van der Waals surface area contributed by atoms with Gasteiger partial charge in [0, 0.05) is 28.4 Å². The van der Waals surface area contributed by atoms with Crippen molar-refractivity contribution < 1.29 is 9.59 Å². The van der Waals surface area contributed by atoms with Crippen LogP contribution in [-0.2, 0) is 11.2 Å². The molecule has 3 rings (SSSR count). The van der Waals surface area contributed by atoms with E-state index in [-0.39, 0.29) is 11.7 Å². The summed E-state index contributed by atoms with van der Waals surface area (Å²) in [4.78, 5) is 24.7. The molecule has 4 nitrogen and oxygen atoms in total. The lowest BCUT2D eigenvalue weighted by molar-refractivity contribution is -0.111. The van der Waals surface area contributed by atoms with Gasteiger partial charge in [-0.25, -0.2) is 0 Å². The van der Waals surface area contributed by atoms with E-state index in [0.717, 1.165) is 16.7 Å². The monoisotopic (exact) mass is 346 g/mol. The highest BCUT2D eigenvalue weighted by atomic mass is 16.1. The summed E-state index contributed by atoms with van der Waals surface area (Å²) in [5, 5.41) is 2.76. The van der Waals surface area contributed by atoms with E-state index in [1.54, 1.807) is 30.3 Å². The summed E-state index contributed by atoms with van der Waals surface area (Å²) < 4.78 is 0. The molecule has 0 heterocycles. The van der Waals surface area contributed by atoms with Crippen molar-refractivity contribution in [2.45, 2.75) is 19.8 Å². The molecule has 3 N–H and O–H groups in total. The molecule has 4 heteroatoms. The van der Waals surface area contributed by atoms with E-state index in [1.165, 1.54) is 6.08 Å². The number of nitrogens with two attached hydrogens (primary N) is 1. The fraction of sp³-hybridized carbons (Fsp3) is 0.182. The molecule has 0 spiro atoms. The van der Waals surface area contributed by atoms with E-state index in [0.29, 0.717) is 24.2 Å². The van der Waals surface area contributed by atoms with Gasteiger partial charge in [0.05, 0.1) is 0 Å². The topological polar surface area (TPSA) is 72.2 Å². The maximum absolute atomic E-state index is 12.7. The van der Waals surface area contributed by atoms with Gasteiger partial charge in [0.1, 0.15) is 0 Å². The fourth-order valence-electron chi connectivity index (χ4n) is 3.37. The molecule has 0 radical (unpaired) electrons. The van der Waals surface area contributed by atoms with Gasteiger partial charge in [-0.1, -0.05) is 49.4 Å². The van der Waals surface area contributed by atoms with Crippen molar-refractivity contribution in [1.29, 1.82) is 0 Å². The van der Waals surface area contributed by atoms with Gasteiger partial charge < -0.3 is 11.1 Å². The summed E-state index contributed by atoms with van der Waals surface area (Å²) in [6.07, 6.45) is 4.33. The van der Waals surface area contributed by atoms with Crippen LogP contribution in [-0.4, -0.2) is 11.7 Å². The number of nitrogens with one attached hydrogen (secondary N) is 1. The smallest absolute Gasteiger partial charge is 0.248 e. The number of ketones is 1. The number of rotatable bonds is 5. The van der Waals surface area contributed by atoms with E-state index in [9.17, 15) is 9.59 Å². The zero-order valence-corrected chi connectivity index (χ0v) is 14.8. The summed E-state index contributed by atoms with van der Waals surface area (Å²) in [7, 11) is 0. The van der Waals surface area contributed by atoms with E-state index in [4.69, 9.17) is 5.73 Å². The molecule has 0 saturated heterocycles. The van der Waals surface area contributed by atoms with Crippen LogP contribution in [0.4, 0.5) is 11.4 Å². The van der Waals surface area contributed by atoms with Crippen molar-refractivity contribution in [2.24, 2.45) is 5.41 Å². The second-order valence-electron chi connectivity index (χ2n) is 7.00. The summed E-state index contributed by atoms with van der Waals surface area (Å²) in [6, 6.07) is 14.6. The van der Waals surface area contributed by atoms with Crippen molar-refractivity contribution in [3.63, 3.8) is 0 Å². The van der Waals surface area contributed by atoms with Crippen molar-refractivity contribution in [1.82, 2.24) is 0 Å². The SMILES string of the molecule is C=C(/C=C/C(=O)Nc1ccc(N)cc1)CC1(C)Cc2ccccc2C1=O. The van der Waals surface area contributed by atoms with Gasteiger partial charge in [-0.3, -0.25) is 9.59 Å². The Morgan fingerprint density at radius 1 is 1.19 bits per heavy atom. The first-order chi connectivity index (χ1) is 12.4. The molecule has 1 aliphatic rings. The normalized spacial score (nSPS) is 18.7. The van der Waals surface area contributed by atoms with Crippen LogP contribution >= 0.6 is 0 Å². The quantitative estimate of drug-likeness (QED) is 0.485. The van der Waals surface area contributed by atoms with Crippen molar-refractivity contribution >= 4 is 23.1 Å². The van der Waals surface area contributed by atoms with E-state index in [2.05, 4.69) is 11.9 Å². The highest BCUT2D eigenvalue weighted by Gasteiger charge is 2.41. The molecule has 0 fully saturated rings. The fourth-order valence-corrected chi connectivity index (χ4v) is 3.37. The summed E-state index contributed by atoms with van der Waals surface area (Å²) in [5.74, 6) is -0.101. The van der Waals surface area contributed by atoms with Gasteiger partial charge in [0.25, 0.3) is 0 Å². The molecule has 0 aromatic heterocycles. The molecule has 0 bridgehead atoms. The molecule has 1 amide bonds. The van der Waals surface area contributed by atoms with Crippen molar-refractivity contribution in [3.8, 4) is 0 Å². The van der Waals surface area contributed by atoms with E-state index < -0.39 is 5.41 Å². The molecule has 132 valence electrons. The Labute approximate surface area is 153 Å². The second-order valence-corrected chi connectivity index (χ2v) is 7.00. The molecule has 1 atom stereocenters.